The Balaban J connectivity index is 1.55. The molecule has 3 heterocycles. The average Bonchev–Trinajstić information content (AvgIpc) is 3.13. The van der Waals surface area contributed by atoms with Gasteiger partial charge in [0.2, 0.25) is 5.91 Å². The molecule has 11 heteroatoms. The van der Waals surface area contributed by atoms with E-state index in [1.807, 2.05) is 19.4 Å². The van der Waals surface area contributed by atoms with Crippen LogP contribution < -0.4 is 0 Å². The molecule has 1 amide bonds. The van der Waals surface area contributed by atoms with Gasteiger partial charge in [0.1, 0.15) is 11.0 Å². The van der Waals surface area contributed by atoms with Gasteiger partial charge in [0, 0.05) is 51.5 Å². The summed E-state index contributed by atoms with van der Waals surface area (Å²) < 4.78 is 3.47. The number of hydrogen-bond acceptors (Lipinski definition) is 6. The number of amides is 1. The lowest BCUT2D eigenvalue weighted by Crippen LogP contribution is -2.49. The van der Waals surface area contributed by atoms with Crippen molar-refractivity contribution in [2.75, 3.05) is 26.2 Å². The first-order valence-electron chi connectivity index (χ1n) is 8.20. The zero-order valence-corrected chi connectivity index (χ0v) is 16.2. The first kappa shape index (κ1) is 18.5. The molecular weight excluding hydrogens is 406 g/mol. The summed E-state index contributed by atoms with van der Waals surface area (Å²) in [6.07, 6.45) is 3.84. The number of carbonyl (C=O) groups excluding carboxylic acids is 1. The number of nitro groups is 1. The molecule has 2 aromatic rings. The highest BCUT2D eigenvalue weighted by atomic mass is 79.9. The second kappa shape index (κ2) is 7.54. The number of halogens is 1. The molecule has 0 radical (unpaired) electrons. The van der Waals surface area contributed by atoms with E-state index in [1.54, 1.807) is 16.5 Å². The molecule has 1 fully saturated rings. The molecular formula is C15H20BrN7O3. The van der Waals surface area contributed by atoms with Gasteiger partial charge in [0.05, 0.1) is 17.0 Å². The van der Waals surface area contributed by atoms with Crippen molar-refractivity contribution in [1.29, 1.82) is 0 Å². The summed E-state index contributed by atoms with van der Waals surface area (Å²) in [6, 6.07) is 0. The number of rotatable bonds is 5. The van der Waals surface area contributed by atoms with E-state index in [0.717, 1.165) is 25.2 Å². The maximum absolute atomic E-state index is 12.5. The highest BCUT2D eigenvalue weighted by molar-refractivity contribution is 9.10. The van der Waals surface area contributed by atoms with Gasteiger partial charge >= 0.3 is 5.82 Å². The molecule has 26 heavy (non-hydrogen) atoms. The Morgan fingerprint density at radius 3 is 2.58 bits per heavy atom. The number of aromatic nitrogens is 4. The molecule has 0 N–H and O–H groups in total. The number of nitrogens with zero attached hydrogens (tertiary/aromatic N) is 7. The summed E-state index contributed by atoms with van der Waals surface area (Å²) in [5.41, 5.74) is 1.72. The molecule has 3 rings (SSSR count). The minimum atomic E-state index is -0.560. The van der Waals surface area contributed by atoms with E-state index in [-0.39, 0.29) is 18.3 Å². The van der Waals surface area contributed by atoms with Gasteiger partial charge in [0.25, 0.3) is 0 Å². The highest BCUT2D eigenvalue weighted by Crippen LogP contribution is 2.27. The third kappa shape index (κ3) is 3.93. The molecule has 0 unspecified atom stereocenters. The van der Waals surface area contributed by atoms with E-state index in [9.17, 15) is 14.9 Å². The van der Waals surface area contributed by atoms with Crippen LogP contribution in [0.15, 0.2) is 16.9 Å². The SMILES string of the molecule is Cc1c(Br)c([N+](=O)[O-])nn1CC(=O)N1CCN(Cc2cnn(C)c2)CC1. The lowest BCUT2D eigenvalue weighted by Gasteiger charge is -2.34. The van der Waals surface area contributed by atoms with Crippen LogP contribution >= 0.6 is 15.9 Å². The van der Waals surface area contributed by atoms with E-state index in [0.29, 0.717) is 23.3 Å². The van der Waals surface area contributed by atoms with Gasteiger partial charge in [-0.15, -0.1) is 0 Å². The molecule has 1 aliphatic heterocycles. The number of hydrogen-bond donors (Lipinski definition) is 0. The maximum atomic E-state index is 12.5. The van der Waals surface area contributed by atoms with Gasteiger partial charge in [-0.05, 0) is 27.8 Å². The quantitative estimate of drug-likeness (QED) is 0.521. The second-order valence-electron chi connectivity index (χ2n) is 6.32. The summed E-state index contributed by atoms with van der Waals surface area (Å²) in [6.45, 7) is 5.33. The normalized spacial score (nSPS) is 15.4. The van der Waals surface area contributed by atoms with Gasteiger partial charge in [-0.2, -0.15) is 9.78 Å². The lowest BCUT2D eigenvalue weighted by atomic mass is 10.2. The van der Waals surface area contributed by atoms with Gasteiger partial charge in [-0.3, -0.25) is 14.4 Å². The topological polar surface area (TPSA) is 102 Å². The predicted octanol–water partition coefficient (Wildman–Crippen LogP) is 0.940. The van der Waals surface area contributed by atoms with Crippen LogP contribution in [0.4, 0.5) is 5.82 Å². The van der Waals surface area contributed by atoms with E-state index in [2.05, 4.69) is 31.0 Å². The van der Waals surface area contributed by atoms with Crippen LogP contribution in [0.25, 0.3) is 0 Å². The Kier molecular flexibility index (Phi) is 5.37. The van der Waals surface area contributed by atoms with E-state index in [4.69, 9.17) is 0 Å². The molecule has 0 saturated carbocycles. The monoisotopic (exact) mass is 425 g/mol. The fourth-order valence-corrected chi connectivity index (χ4v) is 3.40. The van der Waals surface area contributed by atoms with Crippen LogP contribution in [0.5, 0.6) is 0 Å². The Labute approximate surface area is 158 Å². The minimum absolute atomic E-state index is 0.000872. The Bertz CT molecular complexity index is 823. The highest BCUT2D eigenvalue weighted by Gasteiger charge is 2.27. The van der Waals surface area contributed by atoms with Crippen molar-refractivity contribution in [2.45, 2.75) is 20.0 Å². The lowest BCUT2D eigenvalue weighted by molar-refractivity contribution is -0.390. The molecule has 10 nitrogen and oxygen atoms in total. The summed E-state index contributed by atoms with van der Waals surface area (Å²) in [4.78, 5) is 27.0. The fourth-order valence-electron chi connectivity index (χ4n) is 2.97. The summed E-state index contributed by atoms with van der Waals surface area (Å²) in [5, 5.41) is 19.0. The first-order chi connectivity index (χ1) is 12.3. The van der Waals surface area contributed by atoms with Crippen LogP contribution in [0.3, 0.4) is 0 Å². The van der Waals surface area contributed by atoms with Crippen molar-refractivity contribution < 1.29 is 9.72 Å². The average molecular weight is 426 g/mol. The van der Waals surface area contributed by atoms with Crippen molar-refractivity contribution in [3.8, 4) is 0 Å². The van der Waals surface area contributed by atoms with Crippen LogP contribution in [0, 0.1) is 17.0 Å². The van der Waals surface area contributed by atoms with E-state index < -0.39 is 4.92 Å². The van der Waals surface area contributed by atoms with Crippen molar-refractivity contribution in [2.24, 2.45) is 7.05 Å². The standard InChI is InChI=1S/C15H20BrN7O3/c1-11-14(16)15(23(25)26)18-22(11)10-13(24)21-5-3-20(4-6-21)9-12-7-17-19(2)8-12/h7-8H,3-6,9-10H2,1-2H3. The van der Waals surface area contributed by atoms with Gasteiger partial charge in [-0.25, -0.2) is 0 Å². The first-order valence-corrected chi connectivity index (χ1v) is 8.99. The molecule has 1 saturated heterocycles. The molecule has 0 bridgehead atoms. The molecule has 0 atom stereocenters. The predicted molar refractivity (Wildman–Crippen MR) is 96.4 cm³/mol. The Morgan fingerprint density at radius 1 is 1.35 bits per heavy atom. The summed E-state index contributed by atoms with van der Waals surface area (Å²) >= 11 is 3.17. The fraction of sp³-hybridized carbons (Fsp3) is 0.533. The maximum Gasteiger partial charge on any atom is 0.404 e. The van der Waals surface area contributed by atoms with Gasteiger partial charge in [0.15, 0.2) is 0 Å². The van der Waals surface area contributed by atoms with Crippen LogP contribution in [-0.2, 0) is 24.9 Å². The smallest absolute Gasteiger partial charge is 0.358 e. The van der Waals surface area contributed by atoms with Crippen molar-refractivity contribution >= 4 is 27.7 Å². The number of piperazine rings is 1. The number of aryl methyl sites for hydroxylation is 1. The largest absolute Gasteiger partial charge is 0.404 e. The second-order valence-corrected chi connectivity index (χ2v) is 7.11. The van der Waals surface area contributed by atoms with Crippen LogP contribution in [0.1, 0.15) is 11.3 Å². The molecule has 1 aliphatic rings. The molecule has 0 aromatic carbocycles. The third-order valence-electron chi connectivity index (χ3n) is 4.46. The van der Waals surface area contributed by atoms with Crippen molar-refractivity contribution in [1.82, 2.24) is 29.4 Å². The van der Waals surface area contributed by atoms with Gasteiger partial charge in [-0.1, -0.05) is 0 Å². The van der Waals surface area contributed by atoms with E-state index in [1.165, 1.54) is 4.68 Å². The molecule has 2 aromatic heterocycles. The molecule has 140 valence electrons. The Hall–Kier alpha value is -2.27. The van der Waals surface area contributed by atoms with Crippen molar-refractivity contribution in [3.63, 3.8) is 0 Å². The van der Waals surface area contributed by atoms with Crippen LogP contribution in [0.2, 0.25) is 0 Å². The molecule has 0 aliphatic carbocycles. The summed E-state index contributed by atoms with van der Waals surface area (Å²) in [5.74, 6) is -0.351. The van der Waals surface area contributed by atoms with Crippen molar-refractivity contribution in [3.05, 3.63) is 38.2 Å². The number of carbonyl (C=O) groups is 1. The third-order valence-corrected chi connectivity index (χ3v) is 5.39. The zero-order valence-electron chi connectivity index (χ0n) is 14.6. The van der Waals surface area contributed by atoms with Gasteiger partial charge < -0.3 is 15.0 Å². The van der Waals surface area contributed by atoms with E-state index >= 15 is 0 Å². The Morgan fingerprint density at radius 2 is 2.04 bits per heavy atom. The summed E-state index contributed by atoms with van der Waals surface area (Å²) in [7, 11) is 1.89. The molecule has 0 spiro atoms. The van der Waals surface area contributed by atoms with Crippen LogP contribution in [-0.4, -0.2) is 66.4 Å². The minimum Gasteiger partial charge on any atom is -0.358 e. The zero-order chi connectivity index (χ0) is 18.8.